The van der Waals surface area contributed by atoms with Crippen molar-refractivity contribution in [2.24, 2.45) is 5.92 Å². The number of hydrogen-bond donors (Lipinski definition) is 0. The zero-order valence-corrected chi connectivity index (χ0v) is 13.1. The van der Waals surface area contributed by atoms with Gasteiger partial charge in [0, 0.05) is 17.1 Å². The fourth-order valence-electron chi connectivity index (χ4n) is 2.36. The fraction of sp³-hybridized carbons (Fsp3) is 0.471. The third-order valence-electron chi connectivity index (χ3n) is 3.48. The van der Waals surface area contributed by atoms with Crippen molar-refractivity contribution in [3.63, 3.8) is 0 Å². The lowest BCUT2D eigenvalue weighted by Gasteiger charge is -2.18. The Morgan fingerprint density at radius 3 is 2.67 bits per heavy atom. The molecule has 4 nitrogen and oxygen atoms in total. The first kappa shape index (κ1) is 15.4. The molecule has 0 bridgehead atoms. The van der Waals surface area contributed by atoms with Crippen LogP contribution in [0.2, 0.25) is 0 Å². The Balaban J connectivity index is 2.27. The van der Waals surface area contributed by atoms with Crippen molar-refractivity contribution in [3.8, 4) is 5.75 Å². The predicted octanol–water partition coefficient (Wildman–Crippen LogP) is 3.80. The molecule has 1 aromatic heterocycles. The van der Waals surface area contributed by atoms with Crippen LogP contribution in [-0.4, -0.2) is 24.3 Å². The quantitative estimate of drug-likeness (QED) is 0.759. The van der Waals surface area contributed by atoms with Gasteiger partial charge in [-0.15, -0.1) is 0 Å². The summed E-state index contributed by atoms with van der Waals surface area (Å²) in [6, 6.07) is 7.57. The molecule has 0 fully saturated rings. The molecule has 0 aliphatic rings. The number of carbonyl (C=O) groups is 1. The maximum Gasteiger partial charge on any atom is 0.329 e. The van der Waals surface area contributed by atoms with E-state index in [-0.39, 0.29) is 12.0 Å². The molecular formula is C17H23NO3. The smallest absolute Gasteiger partial charge is 0.329 e. The maximum absolute atomic E-state index is 12.3. The van der Waals surface area contributed by atoms with Crippen LogP contribution in [0.1, 0.15) is 33.2 Å². The van der Waals surface area contributed by atoms with Crippen molar-refractivity contribution in [1.29, 1.82) is 0 Å². The summed E-state index contributed by atoms with van der Waals surface area (Å²) in [5.74, 6) is 0.993. The molecule has 1 unspecified atom stereocenters. The van der Waals surface area contributed by atoms with Crippen LogP contribution in [0, 0.1) is 5.92 Å². The second kappa shape index (κ2) is 6.66. The minimum atomic E-state index is -0.283. The Morgan fingerprint density at radius 2 is 2.05 bits per heavy atom. The topological polar surface area (TPSA) is 40.5 Å². The number of aromatic nitrogens is 1. The molecule has 0 amide bonds. The molecule has 1 aromatic carbocycles. The van der Waals surface area contributed by atoms with Crippen LogP contribution in [0.5, 0.6) is 5.75 Å². The van der Waals surface area contributed by atoms with Gasteiger partial charge in [-0.05, 0) is 36.6 Å². The molecule has 0 N–H and O–H groups in total. The summed E-state index contributed by atoms with van der Waals surface area (Å²) in [4.78, 5) is 12.3. The monoisotopic (exact) mass is 289 g/mol. The standard InChI is InChI=1S/C17H23NO3/c1-5-15(17(19)21-11-12(2)3)18-9-8-13-10-14(20-4)6-7-16(13)18/h6-10,12,15H,5,11H2,1-4H3. The fourth-order valence-corrected chi connectivity index (χ4v) is 2.36. The number of nitrogens with zero attached hydrogens (tertiary/aromatic N) is 1. The first-order valence-electron chi connectivity index (χ1n) is 7.38. The van der Waals surface area contributed by atoms with Crippen LogP contribution in [-0.2, 0) is 9.53 Å². The molecule has 0 saturated heterocycles. The van der Waals surface area contributed by atoms with Crippen molar-refractivity contribution >= 4 is 16.9 Å². The van der Waals surface area contributed by atoms with E-state index in [1.54, 1.807) is 7.11 Å². The number of ether oxygens (including phenoxy) is 2. The minimum Gasteiger partial charge on any atom is -0.497 e. The highest BCUT2D eigenvalue weighted by atomic mass is 16.5. The van der Waals surface area contributed by atoms with Gasteiger partial charge in [-0.1, -0.05) is 20.8 Å². The third kappa shape index (κ3) is 3.38. The number of benzene rings is 1. The lowest BCUT2D eigenvalue weighted by Crippen LogP contribution is -2.22. The molecule has 0 aliphatic carbocycles. The van der Waals surface area contributed by atoms with Gasteiger partial charge in [0.2, 0.25) is 0 Å². The van der Waals surface area contributed by atoms with Crippen molar-refractivity contribution in [1.82, 2.24) is 4.57 Å². The Bertz CT molecular complexity index is 616. The van der Waals surface area contributed by atoms with Crippen LogP contribution >= 0.6 is 0 Å². The van der Waals surface area contributed by atoms with E-state index in [0.29, 0.717) is 18.9 Å². The van der Waals surface area contributed by atoms with Gasteiger partial charge in [-0.25, -0.2) is 4.79 Å². The number of rotatable bonds is 6. The lowest BCUT2D eigenvalue weighted by molar-refractivity contribution is -0.148. The highest BCUT2D eigenvalue weighted by molar-refractivity contribution is 5.84. The molecule has 2 rings (SSSR count). The van der Waals surface area contributed by atoms with Gasteiger partial charge in [0.1, 0.15) is 11.8 Å². The highest BCUT2D eigenvalue weighted by Gasteiger charge is 2.21. The van der Waals surface area contributed by atoms with Gasteiger partial charge < -0.3 is 14.0 Å². The van der Waals surface area contributed by atoms with E-state index in [1.165, 1.54) is 0 Å². The summed E-state index contributed by atoms with van der Waals surface area (Å²) < 4.78 is 12.6. The van der Waals surface area contributed by atoms with Crippen molar-refractivity contribution in [2.45, 2.75) is 33.2 Å². The number of hydrogen-bond acceptors (Lipinski definition) is 3. The van der Waals surface area contributed by atoms with Crippen LogP contribution in [0.15, 0.2) is 30.5 Å². The molecule has 0 radical (unpaired) electrons. The highest BCUT2D eigenvalue weighted by Crippen LogP contribution is 2.26. The van der Waals surface area contributed by atoms with Gasteiger partial charge in [-0.3, -0.25) is 0 Å². The molecule has 1 atom stereocenters. The average Bonchev–Trinajstić information content (AvgIpc) is 2.89. The van der Waals surface area contributed by atoms with E-state index < -0.39 is 0 Å². The third-order valence-corrected chi connectivity index (χ3v) is 3.48. The predicted molar refractivity (Wildman–Crippen MR) is 83.6 cm³/mol. The SMILES string of the molecule is CCC(C(=O)OCC(C)C)n1ccc2cc(OC)ccc21. The number of methoxy groups -OCH3 is 1. The van der Waals surface area contributed by atoms with Gasteiger partial charge in [0.15, 0.2) is 0 Å². The maximum atomic E-state index is 12.3. The summed E-state index contributed by atoms with van der Waals surface area (Å²) in [7, 11) is 1.65. The van der Waals surface area contributed by atoms with Crippen molar-refractivity contribution < 1.29 is 14.3 Å². The molecule has 114 valence electrons. The summed E-state index contributed by atoms with van der Waals surface area (Å²) >= 11 is 0. The Morgan fingerprint density at radius 1 is 1.29 bits per heavy atom. The van der Waals surface area contributed by atoms with E-state index in [4.69, 9.17) is 9.47 Å². The van der Waals surface area contributed by atoms with Crippen molar-refractivity contribution in [2.75, 3.05) is 13.7 Å². The van der Waals surface area contributed by atoms with E-state index in [9.17, 15) is 4.79 Å². The summed E-state index contributed by atoms with van der Waals surface area (Å²) in [5.41, 5.74) is 1.02. The van der Waals surface area contributed by atoms with Crippen LogP contribution in [0.3, 0.4) is 0 Å². The number of fused-ring (bicyclic) bond motifs is 1. The van der Waals surface area contributed by atoms with Gasteiger partial charge in [-0.2, -0.15) is 0 Å². The largest absolute Gasteiger partial charge is 0.497 e. The van der Waals surface area contributed by atoms with Crippen LogP contribution in [0.4, 0.5) is 0 Å². The zero-order valence-electron chi connectivity index (χ0n) is 13.1. The molecule has 0 saturated carbocycles. The molecule has 2 aromatic rings. The van der Waals surface area contributed by atoms with E-state index in [2.05, 4.69) is 0 Å². The summed E-state index contributed by atoms with van der Waals surface area (Å²) in [6.07, 6.45) is 2.64. The summed E-state index contributed by atoms with van der Waals surface area (Å²) in [5, 5.41) is 1.06. The molecule has 21 heavy (non-hydrogen) atoms. The van der Waals surface area contributed by atoms with E-state index in [1.807, 2.05) is 55.8 Å². The lowest BCUT2D eigenvalue weighted by atomic mass is 10.2. The first-order chi connectivity index (χ1) is 10.1. The van der Waals surface area contributed by atoms with Gasteiger partial charge in [0.25, 0.3) is 0 Å². The molecule has 0 spiro atoms. The molecular weight excluding hydrogens is 266 g/mol. The normalized spacial score (nSPS) is 12.6. The Labute approximate surface area is 125 Å². The molecule has 1 heterocycles. The minimum absolute atomic E-state index is 0.167. The van der Waals surface area contributed by atoms with E-state index >= 15 is 0 Å². The van der Waals surface area contributed by atoms with Gasteiger partial charge >= 0.3 is 5.97 Å². The Hall–Kier alpha value is -1.97. The van der Waals surface area contributed by atoms with Crippen molar-refractivity contribution in [3.05, 3.63) is 30.5 Å². The number of carbonyl (C=O) groups excluding carboxylic acids is 1. The second-order valence-electron chi connectivity index (χ2n) is 5.60. The zero-order chi connectivity index (χ0) is 15.4. The average molecular weight is 289 g/mol. The summed E-state index contributed by atoms with van der Waals surface area (Å²) in [6.45, 7) is 6.52. The Kier molecular flexibility index (Phi) is 4.89. The van der Waals surface area contributed by atoms with Crippen LogP contribution in [0.25, 0.3) is 10.9 Å². The van der Waals surface area contributed by atoms with Gasteiger partial charge in [0.05, 0.1) is 13.7 Å². The first-order valence-corrected chi connectivity index (χ1v) is 7.38. The van der Waals surface area contributed by atoms with E-state index in [0.717, 1.165) is 16.7 Å². The second-order valence-corrected chi connectivity index (χ2v) is 5.60. The molecule has 4 heteroatoms. The van der Waals surface area contributed by atoms with Crippen LogP contribution < -0.4 is 4.74 Å². The molecule has 0 aliphatic heterocycles. The number of esters is 1.